The Morgan fingerprint density at radius 2 is 1.88 bits per heavy atom. The Labute approximate surface area is 149 Å². The zero-order valence-corrected chi connectivity index (χ0v) is 15.7. The molecule has 2 heterocycles. The van der Waals surface area contributed by atoms with Gasteiger partial charge in [-0.25, -0.2) is 4.79 Å². The molecule has 2 aliphatic heterocycles. The number of piperidine rings is 1. The molecule has 5 nitrogen and oxygen atoms in total. The maximum atomic E-state index is 13.0. The van der Waals surface area contributed by atoms with Crippen molar-refractivity contribution in [1.82, 2.24) is 9.80 Å². The quantitative estimate of drug-likeness (QED) is 0.823. The van der Waals surface area contributed by atoms with Gasteiger partial charge in [0, 0.05) is 12.6 Å². The SMILES string of the molecule is CC(c1ccccc1)N1C[C@H]2C[C@@H](C1=O)[C@H](C)N2C(=O)OC(C)(C)C. The first-order valence-corrected chi connectivity index (χ1v) is 9.06. The summed E-state index contributed by atoms with van der Waals surface area (Å²) in [7, 11) is 0. The van der Waals surface area contributed by atoms with Crippen molar-refractivity contribution in [2.75, 3.05) is 6.54 Å². The average molecular weight is 344 g/mol. The van der Waals surface area contributed by atoms with Gasteiger partial charge in [0.25, 0.3) is 0 Å². The van der Waals surface area contributed by atoms with E-state index < -0.39 is 5.60 Å². The van der Waals surface area contributed by atoms with E-state index in [9.17, 15) is 9.59 Å². The standard InChI is InChI=1S/C20H28N2O3/c1-13(15-9-7-6-8-10-15)21-12-16-11-17(18(21)23)14(2)22(16)19(24)25-20(3,4)5/h6-10,13-14,16-17H,11-12H2,1-5H3/t13?,14-,16+,17+/m0/s1. The highest BCUT2D eigenvalue weighted by Crippen LogP contribution is 2.39. The van der Waals surface area contributed by atoms with E-state index in [0.717, 1.165) is 12.0 Å². The number of likely N-dealkylation sites (tertiary alicyclic amines) is 2. The predicted octanol–water partition coefficient (Wildman–Crippen LogP) is 3.60. The first-order valence-electron chi connectivity index (χ1n) is 9.06. The van der Waals surface area contributed by atoms with Gasteiger partial charge in [0.05, 0.1) is 18.0 Å². The summed E-state index contributed by atoms with van der Waals surface area (Å²) in [5, 5.41) is 0. The first kappa shape index (κ1) is 17.8. The van der Waals surface area contributed by atoms with Crippen molar-refractivity contribution in [3.63, 3.8) is 0 Å². The van der Waals surface area contributed by atoms with Crippen LogP contribution < -0.4 is 0 Å². The summed E-state index contributed by atoms with van der Waals surface area (Å²) in [6.45, 7) is 10.2. The van der Waals surface area contributed by atoms with Gasteiger partial charge < -0.3 is 9.64 Å². The highest BCUT2D eigenvalue weighted by Gasteiger charge is 2.52. The van der Waals surface area contributed by atoms with E-state index in [2.05, 4.69) is 6.92 Å². The molecule has 136 valence electrons. The number of fused-ring (bicyclic) bond motifs is 2. The van der Waals surface area contributed by atoms with E-state index in [1.54, 1.807) is 4.90 Å². The van der Waals surface area contributed by atoms with Gasteiger partial charge in [0.1, 0.15) is 5.60 Å². The highest BCUT2D eigenvalue weighted by atomic mass is 16.6. The van der Waals surface area contributed by atoms with Crippen LogP contribution in [0.25, 0.3) is 0 Å². The lowest BCUT2D eigenvalue weighted by Gasteiger charge is -2.37. The highest BCUT2D eigenvalue weighted by molar-refractivity contribution is 5.83. The van der Waals surface area contributed by atoms with Crippen LogP contribution in [0.2, 0.25) is 0 Å². The van der Waals surface area contributed by atoms with Crippen molar-refractivity contribution in [3.05, 3.63) is 35.9 Å². The topological polar surface area (TPSA) is 49.9 Å². The number of ether oxygens (including phenoxy) is 1. The molecular formula is C20H28N2O3. The molecule has 2 saturated heterocycles. The van der Waals surface area contributed by atoms with Crippen LogP contribution in [0.4, 0.5) is 4.79 Å². The number of rotatable bonds is 2. The summed E-state index contributed by atoms with van der Waals surface area (Å²) in [6.07, 6.45) is 0.423. The molecule has 1 unspecified atom stereocenters. The summed E-state index contributed by atoms with van der Waals surface area (Å²) < 4.78 is 5.57. The smallest absolute Gasteiger partial charge is 0.410 e. The van der Waals surface area contributed by atoms with E-state index in [0.29, 0.717) is 6.54 Å². The number of carbonyl (C=O) groups excluding carboxylic acids is 2. The van der Waals surface area contributed by atoms with Crippen molar-refractivity contribution in [3.8, 4) is 0 Å². The van der Waals surface area contributed by atoms with Crippen molar-refractivity contribution < 1.29 is 14.3 Å². The Bertz CT molecular complexity index is 653. The second kappa shape index (κ2) is 6.36. The molecule has 3 rings (SSSR count). The lowest BCUT2D eigenvalue weighted by atomic mass is 9.92. The van der Waals surface area contributed by atoms with E-state index in [1.165, 1.54) is 0 Å². The minimum absolute atomic E-state index is 0.00443. The Kier molecular flexibility index (Phi) is 4.52. The van der Waals surface area contributed by atoms with Crippen LogP contribution in [0, 0.1) is 5.92 Å². The molecule has 0 saturated carbocycles. The third-order valence-corrected chi connectivity index (χ3v) is 5.30. The molecule has 1 aromatic carbocycles. The molecule has 0 N–H and O–H groups in total. The van der Waals surface area contributed by atoms with Crippen LogP contribution >= 0.6 is 0 Å². The summed E-state index contributed by atoms with van der Waals surface area (Å²) in [4.78, 5) is 29.4. The minimum Gasteiger partial charge on any atom is -0.444 e. The first-order chi connectivity index (χ1) is 11.7. The third kappa shape index (κ3) is 3.37. The molecule has 5 heteroatoms. The molecule has 2 amide bonds. The van der Waals surface area contributed by atoms with Crippen LogP contribution in [0.5, 0.6) is 0 Å². The van der Waals surface area contributed by atoms with Gasteiger partial charge >= 0.3 is 6.09 Å². The number of benzene rings is 1. The predicted molar refractivity (Wildman–Crippen MR) is 96.0 cm³/mol. The lowest BCUT2D eigenvalue weighted by molar-refractivity contribution is -0.139. The molecule has 25 heavy (non-hydrogen) atoms. The maximum absolute atomic E-state index is 13.0. The largest absolute Gasteiger partial charge is 0.444 e. The normalized spacial score (nSPS) is 27.4. The van der Waals surface area contributed by atoms with E-state index in [1.807, 2.05) is 62.9 Å². The molecule has 0 radical (unpaired) electrons. The van der Waals surface area contributed by atoms with Crippen LogP contribution in [-0.4, -0.2) is 46.0 Å². The van der Waals surface area contributed by atoms with Crippen LogP contribution in [-0.2, 0) is 9.53 Å². The fourth-order valence-electron chi connectivity index (χ4n) is 4.02. The van der Waals surface area contributed by atoms with Crippen molar-refractivity contribution in [2.45, 2.75) is 64.8 Å². The fraction of sp³-hybridized carbons (Fsp3) is 0.600. The summed E-state index contributed by atoms with van der Waals surface area (Å²) in [5.41, 5.74) is 0.586. The van der Waals surface area contributed by atoms with E-state index in [4.69, 9.17) is 4.74 Å². The zero-order valence-electron chi connectivity index (χ0n) is 15.7. The van der Waals surface area contributed by atoms with Gasteiger partial charge in [0.2, 0.25) is 5.91 Å². The molecule has 2 aliphatic rings. The average Bonchev–Trinajstić information content (AvgIpc) is 2.82. The summed E-state index contributed by atoms with van der Waals surface area (Å²) in [5.74, 6) is 0.00333. The number of nitrogens with zero attached hydrogens (tertiary/aromatic N) is 2. The molecule has 0 spiro atoms. The van der Waals surface area contributed by atoms with Crippen molar-refractivity contribution in [1.29, 1.82) is 0 Å². The van der Waals surface area contributed by atoms with Crippen LogP contribution in [0.3, 0.4) is 0 Å². The summed E-state index contributed by atoms with van der Waals surface area (Å²) >= 11 is 0. The van der Waals surface area contributed by atoms with E-state index in [-0.39, 0.29) is 36.0 Å². The number of hydrogen-bond donors (Lipinski definition) is 0. The van der Waals surface area contributed by atoms with Crippen molar-refractivity contribution >= 4 is 12.0 Å². The van der Waals surface area contributed by atoms with Crippen molar-refractivity contribution in [2.24, 2.45) is 5.92 Å². The number of carbonyl (C=O) groups is 2. The zero-order chi connectivity index (χ0) is 18.4. The molecule has 0 aromatic heterocycles. The van der Waals surface area contributed by atoms with Gasteiger partial charge in [-0.2, -0.15) is 0 Å². The number of hydrogen-bond acceptors (Lipinski definition) is 3. The Hall–Kier alpha value is -2.04. The maximum Gasteiger partial charge on any atom is 0.410 e. The second-order valence-electron chi connectivity index (χ2n) is 8.20. The molecular weight excluding hydrogens is 316 g/mol. The molecule has 4 atom stereocenters. The second-order valence-corrected chi connectivity index (χ2v) is 8.20. The van der Waals surface area contributed by atoms with Crippen LogP contribution in [0.1, 0.15) is 52.6 Å². The molecule has 2 fully saturated rings. The summed E-state index contributed by atoms with van der Waals surface area (Å²) in [6, 6.07) is 9.95. The monoisotopic (exact) mass is 344 g/mol. The van der Waals surface area contributed by atoms with Gasteiger partial charge in [-0.05, 0) is 46.6 Å². The van der Waals surface area contributed by atoms with Gasteiger partial charge in [0.15, 0.2) is 0 Å². The van der Waals surface area contributed by atoms with Gasteiger partial charge in [-0.15, -0.1) is 0 Å². The number of amides is 2. The Balaban J connectivity index is 1.81. The molecule has 2 bridgehead atoms. The lowest BCUT2D eigenvalue weighted by Crippen LogP contribution is -2.48. The minimum atomic E-state index is -0.533. The van der Waals surface area contributed by atoms with Gasteiger partial charge in [-0.3, -0.25) is 9.69 Å². The van der Waals surface area contributed by atoms with Gasteiger partial charge in [-0.1, -0.05) is 30.3 Å². The molecule has 1 aromatic rings. The Morgan fingerprint density at radius 1 is 1.24 bits per heavy atom. The van der Waals surface area contributed by atoms with Crippen LogP contribution in [0.15, 0.2) is 30.3 Å². The third-order valence-electron chi connectivity index (χ3n) is 5.30. The molecule has 0 aliphatic carbocycles. The Morgan fingerprint density at radius 3 is 2.48 bits per heavy atom. The van der Waals surface area contributed by atoms with E-state index >= 15 is 0 Å². The fourth-order valence-corrected chi connectivity index (χ4v) is 4.02.